The maximum absolute atomic E-state index is 11.4. The first kappa shape index (κ1) is 13.9. The molecule has 20 heavy (non-hydrogen) atoms. The van der Waals surface area contributed by atoms with Crippen molar-refractivity contribution in [2.75, 3.05) is 31.2 Å². The smallest absolute Gasteiger partial charge is 0.337 e. The standard InChI is InChI=1S/C14H16BrNO4/c15-10-1-2-12(11(9-10)13(17)18)16-5-3-14(4-6-16)19-7-8-20-14/h1-2,9H,3-8H2,(H,17,18). The van der Waals surface area contributed by atoms with Crippen LogP contribution in [0.4, 0.5) is 5.69 Å². The number of ether oxygens (including phenoxy) is 2. The van der Waals surface area contributed by atoms with E-state index in [2.05, 4.69) is 20.8 Å². The fourth-order valence-electron chi connectivity index (χ4n) is 2.83. The first-order valence-corrected chi connectivity index (χ1v) is 7.45. The molecule has 0 unspecified atom stereocenters. The normalized spacial score (nSPS) is 21.4. The Balaban J connectivity index is 1.79. The summed E-state index contributed by atoms with van der Waals surface area (Å²) in [6, 6.07) is 5.36. The van der Waals surface area contributed by atoms with E-state index in [1.54, 1.807) is 6.07 Å². The highest BCUT2D eigenvalue weighted by Crippen LogP contribution is 2.34. The molecule has 5 nitrogen and oxygen atoms in total. The average molecular weight is 342 g/mol. The van der Waals surface area contributed by atoms with Crippen molar-refractivity contribution in [3.05, 3.63) is 28.2 Å². The van der Waals surface area contributed by atoms with Gasteiger partial charge in [0.05, 0.1) is 24.5 Å². The zero-order valence-electron chi connectivity index (χ0n) is 11.0. The lowest BCUT2D eigenvalue weighted by molar-refractivity contribution is -0.169. The predicted octanol–water partition coefficient (Wildman–Crippen LogP) is 2.49. The molecular weight excluding hydrogens is 326 g/mol. The third-order valence-corrected chi connectivity index (χ3v) is 4.36. The Morgan fingerprint density at radius 1 is 1.25 bits per heavy atom. The van der Waals surface area contributed by atoms with Crippen molar-refractivity contribution in [3.63, 3.8) is 0 Å². The van der Waals surface area contributed by atoms with Crippen LogP contribution in [-0.2, 0) is 9.47 Å². The van der Waals surface area contributed by atoms with E-state index in [0.717, 1.165) is 36.1 Å². The highest BCUT2D eigenvalue weighted by Gasteiger charge is 2.40. The van der Waals surface area contributed by atoms with Gasteiger partial charge in [0.2, 0.25) is 0 Å². The van der Waals surface area contributed by atoms with Crippen LogP contribution in [0.2, 0.25) is 0 Å². The highest BCUT2D eigenvalue weighted by atomic mass is 79.9. The Hall–Kier alpha value is -1.11. The lowest BCUT2D eigenvalue weighted by Crippen LogP contribution is -2.45. The van der Waals surface area contributed by atoms with E-state index in [-0.39, 0.29) is 0 Å². The number of carboxylic acids is 1. The molecule has 2 aliphatic heterocycles. The van der Waals surface area contributed by atoms with E-state index in [9.17, 15) is 9.90 Å². The van der Waals surface area contributed by atoms with Crippen LogP contribution < -0.4 is 4.90 Å². The lowest BCUT2D eigenvalue weighted by Gasteiger charge is -2.39. The summed E-state index contributed by atoms with van der Waals surface area (Å²) in [5.41, 5.74) is 1.08. The fraction of sp³-hybridized carbons (Fsp3) is 0.500. The predicted molar refractivity (Wildman–Crippen MR) is 77.2 cm³/mol. The summed E-state index contributed by atoms with van der Waals surface area (Å²) in [5, 5.41) is 9.33. The molecule has 6 heteroatoms. The number of carboxylic acid groups (broad SMARTS) is 1. The molecule has 0 atom stereocenters. The van der Waals surface area contributed by atoms with Gasteiger partial charge in [-0.25, -0.2) is 4.79 Å². The molecule has 1 aromatic rings. The van der Waals surface area contributed by atoms with Crippen molar-refractivity contribution in [2.24, 2.45) is 0 Å². The van der Waals surface area contributed by atoms with E-state index in [4.69, 9.17) is 9.47 Å². The summed E-state index contributed by atoms with van der Waals surface area (Å²) in [6.07, 6.45) is 1.53. The van der Waals surface area contributed by atoms with Crippen molar-refractivity contribution in [3.8, 4) is 0 Å². The van der Waals surface area contributed by atoms with Crippen LogP contribution in [0.3, 0.4) is 0 Å². The largest absolute Gasteiger partial charge is 0.478 e. The molecule has 0 amide bonds. The number of nitrogens with zero attached hydrogens (tertiary/aromatic N) is 1. The molecule has 0 aromatic heterocycles. The van der Waals surface area contributed by atoms with Crippen LogP contribution in [0.25, 0.3) is 0 Å². The van der Waals surface area contributed by atoms with Crippen LogP contribution in [0.1, 0.15) is 23.2 Å². The Labute approximate surface area is 125 Å². The summed E-state index contributed by atoms with van der Waals surface area (Å²) >= 11 is 3.32. The van der Waals surface area contributed by atoms with Gasteiger partial charge in [-0.2, -0.15) is 0 Å². The molecule has 1 N–H and O–H groups in total. The minimum absolute atomic E-state index is 0.323. The number of halogens is 1. The average Bonchev–Trinajstić information content (AvgIpc) is 2.88. The Morgan fingerprint density at radius 2 is 1.90 bits per heavy atom. The first-order valence-electron chi connectivity index (χ1n) is 6.65. The third kappa shape index (κ3) is 2.55. The maximum Gasteiger partial charge on any atom is 0.337 e. The molecule has 0 saturated carbocycles. The molecule has 1 spiro atoms. The number of piperidine rings is 1. The number of hydrogen-bond donors (Lipinski definition) is 1. The molecule has 0 radical (unpaired) electrons. The summed E-state index contributed by atoms with van der Waals surface area (Å²) in [6.45, 7) is 2.78. The van der Waals surface area contributed by atoms with Crippen molar-refractivity contribution < 1.29 is 19.4 Å². The summed E-state index contributed by atoms with van der Waals surface area (Å²) in [5.74, 6) is -1.34. The van der Waals surface area contributed by atoms with Gasteiger partial charge in [-0.05, 0) is 18.2 Å². The molecule has 2 aliphatic rings. The van der Waals surface area contributed by atoms with Crippen molar-refractivity contribution in [1.82, 2.24) is 0 Å². The zero-order valence-corrected chi connectivity index (χ0v) is 12.6. The van der Waals surface area contributed by atoms with Crippen molar-refractivity contribution >= 4 is 27.6 Å². The molecule has 2 saturated heterocycles. The zero-order chi connectivity index (χ0) is 14.2. The number of hydrogen-bond acceptors (Lipinski definition) is 4. The Bertz CT molecular complexity index is 518. The minimum Gasteiger partial charge on any atom is -0.478 e. The van der Waals surface area contributed by atoms with Gasteiger partial charge in [-0.1, -0.05) is 15.9 Å². The fourth-order valence-corrected chi connectivity index (χ4v) is 3.19. The maximum atomic E-state index is 11.4. The van der Waals surface area contributed by atoms with Crippen LogP contribution in [-0.4, -0.2) is 43.2 Å². The van der Waals surface area contributed by atoms with Crippen molar-refractivity contribution in [2.45, 2.75) is 18.6 Å². The van der Waals surface area contributed by atoms with Gasteiger partial charge in [0.1, 0.15) is 0 Å². The third-order valence-electron chi connectivity index (χ3n) is 3.87. The number of benzene rings is 1. The van der Waals surface area contributed by atoms with Gasteiger partial charge in [-0.3, -0.25) is 0 Å². The Kier molecular flexibility index (Phi) is 3.70. The van der Waals surface area contributed by atoms with Crippen molar-refractivity contribution in [1.29, 1.82) is 0 Å². The quantitative estimate of drug-likeness (QED) is 0.895. The van der Waals surface area contributed by atoms with Crippen LogP contribution in [0.15, 0.2) is 22.7 Å². The van der Waals surface area contributed by atoms with E-state index >= 15 is 0 Å². The molecule has 2 heterocycles. The van der Waals surface area contributed by atoms with E-state index in [1.807, 2.05) is 12.1 Å². The topological polar surface area (TPSA) is 59.0 Å². The molecule has 108 valence electrons. The Morgan fingerprint density at radius 3 is 2.50 bits per heavy atom. The molecule has 0 aliphatic carbocycles. The van der Waals surface area contributed by atoms with E-state index in [1.165, 1.54) is 0 Å². The van der Waals surface area contributed by atoms with Gasteiger partial charge in [0, 0.05) is 30.4 Å². The van der Waals surface area contributed by atoms with Gasteiger partial charge in [-0.15, -0.1) is 0 Å². The van der Waals surface area contributed by atoms with Crippen LogP contribution in [0, 0.1) is 0 Å². The number of rotatable bonds is 2. The second-order valence-electron chi connectivity index (χ2n) is 5.06. The number of anilines is 1. The summed E-state index contributed by atoms with van der Waals surface area (Å²) in [4.78, 5) is 13.5. The first-order chi connectivity index (χ1) is 9.60. The van der Waals surface area contributed by atoms with Gasteiger partial charge >= 0.3 is 5.97 Å². The van der Waals surface area contributed by atoms with Crippen LogP contribution >= 0.6 is 15.9 Å². The molecule has 3 rings (SSSR count). The van der Waals surface area contributed by atoms with Gasteiger partial charge in [0.15, 0.2) is 5.79 Å². The lowest BCUT2D eigenvalue weighted by atomic mass is 10.0. The second kappa shape index (κ2) is 5.35. The summed E-state index contributed by atoms with van der Waals surface area (Å²) in [7, 11) is 0. The monoisotopic (exact) mass is 341 g/mol. The van der Waals surface area contributed by atoms with E-state index < -0.39 is 11.8 Å². The van der Waals surface area contributed by atoms with Gasteiger partial charge in [0.25, 0.3) is 0 Å². The number of aromatic carboxylic acids is 1. The molecule has 1 aromatic carbocycles. The minimum atomic E-state index is -0.907. The summed E-state index contributed by atoms with van der Waals surface area (Å²) < 4.78 is 12.2. The highest BCUT2D eigenvalue weighted by molar-refractivity contribution is 9.10. The SMILES string of the molecule is O=C(O)c1cc(Br)ccc1N1CCC2(CC1)OCCO2. The molecular formula is C14H16BrNO4. The molecule has 0 bridgehead atoms. The van der Waals surface area contributed by atoms with E-state index in [0.29, 0.717) is 18.8 Å². The molecule has 2 fully saturated rings. The van der Waals surface area contributed by atoms with Gasteiger partial charge < -0.3 is 19.5 Å². The number of carbonyl (C=O) groups is 1. The van der Waals surface area contributed by atoms with Crippen LogP contribution in [0.5, 0.6) is 0 Å². The second-order valence-corrected chi connectivity index (χ2v) is 5.98.